The van der Waals surface area contributed by atoms with E-state index in [9.17, 15) is 8.42 Å². The minimum Gasteiger partial charge on any atom is -0.461 e. The van der Waals surface area contributed by atoms with E-state index in [0.29, 0.717) is 28.7 Å². The largest absolute Gasteiger partial charge is 0.461 e. The van der Waals surface area contributed by atoms with Gasteiger partial charge in [-0.15, -0.1) is 0 Å². The number of para-hydroxylation sites is 1. The number of anilines is 1. The monoisotopic (exact) mass is 395 g/mol. The summed E-state index contributed by atoms with van der Waals surface area (Å²) in [5.41, 5.74) is 2.16. The molecule has 0 saturated heterocycles. The molecule has 0 bridgehead atoms. The summed E-state index contributed by atoms with van der Waals surface area (Å²) in [7, 11) is -3.71. The van der Waals surface area contributed by atoms with E-state index in [2.05, 4.69) is 14.9 Å². The lowest BCUT2D eigenvalue weighted by molar-refractivity contribution is 0.384. The Bertz CT molecular complexity index is 1180. The molecule has 0 fully saturated rings. The van der Waals surface area contributed by atoms with Crippen LogP contribution in [0.5, 0.6) is 0 Å². The lowest BCUT2D eigenvalue weighted by atomic mass is 10.1. The molecule has 2 aromatic carbocycles. The molecule has 142 valence electrons. The van der Waals surface area contributed by atoms with E-state index < -0.39 is 10.0 Å². The van der Waals surface area contributed by atoms with E-state index in [4.69, 9.17) is 8.94 Å². The predicted molar refractivity (Wildman–Crippen MR) is 103 cm³/mol. The molecule has 0 radical (unpaired) electrons. The van der Waals surface area contributed by atoms with Gasteiger partial charge in [-0.25, -0.2) is 8.42 Å². The molecule has 7 nitrogen and oxygen atoms in total. The van der Waals surface area contributed by atoms with Gasteiger partial charge in [-0.2, -0.15) is 4.98 Å². The molecule has 28 heavy (non-hydrogen) atoms. The first-order chi connectivity index (χ1) is 13.5. The molecule has 0 aliphatic carbocycles. The Kier molecular flexibility index (Phi) is 4.70. The number of aromatic nitrogens is 2. The van der Waals surface area contributed by atoms with Crippen LogP contribution in [-0.2, 0) is 16.4 Å². The van der Waals surface area contributed by atoms with Crippen molar-refractivity contribution in [2.75, 3.05) is 4.72 Å². The Hall–Kier alpha value is -3.39. The minimum atomic E-state index is -3.71. The average Bonchev–Trinajstić information content (AvgIpc) is 3.35. The van der Waals surface area contributed by atoms with Crippen LogP contribution in [0.3, 0.4) is 0 Å². The van der Waals surface area contributed by atoms with Gasteiger partial charge in [-0.3, -0.25) is 4.72 Å². The Morgan fingerprint density at radius 2 is 1.79 bits per heavy atom. The zero-order valence-electron chi connectivity index (χ0n) is 15.0. The SMILES string of the molecule is Cc1ccc(S(=O)(=O)Nc2ccccc2Cc2nc(-c3ccco3)no2)cc1. The van der Waals surface area contributed by atoms with Gasteiger partial charge in [0, 0.05) is 0 Å². The molecule has 0 spiro atoms. The van der Waals surface area contributed by atoms with Crippen molar-refractivity contribution in [3.63, 3.8) is 0 Å². The molecule has 1 N–H and O–H groups in total. The van der Waals surface area contributed by atoms with E-state index in [0.717, 1.165) is 5.56 Å². The standard InChI is InChI=1S/C20H17N3O4S/c1-14-8-10-16(11-9-14)28(24,25)23-17-6-3-2-5-15(17)13-19-21-20(22-27-19)18-7-4-12-26-18/h2-12,23H,13H2,1H3. The van der Waals surface area contributed by atoms with Crippen molar-refractivity contribution in [1.82, 2.24) is 10.1 Å². The molecule has 0 saturated carbocycles. The molecule has 0 aliphatic heterocycles. The number of benzene rings is 2. The summed E-state index contributed by atoms with van der Waals surface area (Å²) in [5.74, 6) is 1.20. The zero-order valence-corrected chi connectivity index (χ0v) is 15.8. The summed E-state index contributed by atoms with van der Waals surface area (Å²) in [6, 6.07) is 17.2. The van der Waals surface area contributed by atoms with Crippen molar-refractivity contribution in [3.8, 4) is 11.6 Å². The Balaban J connectivity index is 1.58. The van der Waals surface area contributed by atoms with E-state index in [1.807, 2.05) is 19.1 Å². The lowest BCUT2D eigenvalue weighted by Gasteiger charge is -2.12. The molecule has 0 aliphatic rings. The Labute approximate surface area is 162 Å². The molecule has 4 aromatic rings. The summed E-state index contributed by atoms with van der Waals surface area (Å²) >= 11 is 0. The highest BCUT2D eigenvalue weighted by molar-refractivity contribution is 7.92. The first-order valence-electron chi connectivity index (χ1n) is 8.55. The minimum absolute atomic E-state index is 0.200. The predicted octanol–water partition coefficient (Wildman–Crippen LogP) is 4.03. The normalized spacial score (nSPS) is 11.5. The fourth-order valence-electron chi connectivity index (χ4n) is 2.69. The van der Waals surface area contributed by atoms with Gasteiger partial charge in [-0.1, -0.05) is 41.1 Å². The third kappa shape index (κ3) is 3.81. The average molecular weight is 395 g/mol. The summed E-state index contributed by atoms with van der Waals surface area (Å²) in [6.45, 7) is 1.90. The quantitative estimate of drug-likeness (QED) is 0.529. The maximum atomic E-state index is 12.7. The molecule has 2 heterocycles. The number of sulfonamides is 1. The molecule has 0 atom stereocenters. The van der Waals surface area contributed by atoms with Crippen LogP contribution in [-0.4, -0.2) is 18.6 Å². The first kappa shape index (κ1) is 18.0. The smallest absolute Gasteiger partial charge is 0.261 e. The second-order valence-corrected chi connectivity index (χ2v) is 7.92. The molecule has 0 amide bonds. The van der Waals surface area contributed by atoms with Crippen LogP contribution < -0.4 is 4.72 Å². The van der Waals surface area contributed by atoms with E-state index in [1.54, 1.807) is 48.5 Å². The van der Waals surface area contributed by atoms with Gasteiger partial charge in [0.15, 0.2) is 5.76 Å². The number of nitrogens with one attached hydrogen (secondary N) is 1. The van der Waals surface area contributed by atoms with Crippen LogP contribution in [0.1, 0.15) is 17.0 Å². The fourth-order valence-corrected chi connectivity index (χ4v) is 3.79. The second-order valence-electron chi connectivity index (χ2n) is 6.24. The van der Waals surface area contributed by atoms with Crippen LogP contribution in [0.15, 0.2) is 80.8 Å². The van der Waals surface area contributed by atoms with Crippen molar-refractivity contribution in [1.29, 1.82) is 0 Å². The highest BCUT2D eigenvalue weighted by Crippen LogP contribution is 2.24. The van der Waals surface area contributed by atoms with Gasteiger partial charge >= 0.3 is 0 Å². The topological polar surface area (TPSA) is 98.2 Å². The second kappa shape index (κ2) is 7.32. The Morgan fingerprint density at radius 1 is 1.00 bits per heavy atom. The maximum absolute atomic E-state index is 12.7. The van der Waals surface area contributed by atoms with Crippen LogP contribution >= 0.6 is 0 Å². The number of nitrogens with zero attached hydrogens (tertiary/aromatic N) is 2. The fraction of sp³-hybridized carbons (Fsp3) is 0.100. The zero-order chi connectivity index (χ0) is 19.6. The third-order valence-corrected chi connectivity index (χ3v) is 5.53. The van der Waals surface area contributed by atoms with Gasteiger partial charge in [0.2, 0.25) is 11.7 Å². The van der Waals surface area contributed by atoms with Crippen molar-refractivity contribution < 1.29 is 17.4 Å². The summed E-state index contributed by atoms with van der Waals surface area (Å²) < 4.78 is 38.6. The summed E-state index contributed by atoms with van der Waals surface area (Å²) in [6.07, 6.45) is 1.81. The molecular weight excluding hydrogens is 378 g/mol. The van der Waals surface area contributed by atoms with Gasteiger partial charge in [0.1, 0.15) is 0 Å². The van der Waals surface area contributed by atoms with Crippen molar-refractivity contribution in [3.05, 3.63) is 83.9 Å². The van der Waals surface area contributed by atoms with Crippen molar-refractivity contribution in [2.24, 2.45) is 0 Å². The number of hydrogen-bond acceptors (Lipinski definition) is 6. The number of furan rings is 1. The van der Waals surface area contributed by atoms with Crippen molar-refractivity contribution >= 4 is 15.7 Å². The van der Waals surface area contributed by atoms with Gasteiger partial charge in [0.25, 0.3) is 10.0 Å². The van der Waals surface area contributed by atoms with Crippen molar-refractivity contribution in [2.45, 2.75) is 18.2 Å². The molecule has 2 aromatic heterocycles. The van der Waals surface area contributed by atoms with Crippen LogP contribution in [0.4, 0.5) is 5.69 Å². The van der Waals surface area contributed by atoms with Gasteiger partial charge in [-0.05, 0) is 42.8 Å². The summed E-state index contributed by atoms with van der Waals surface area (Å²) in [4.78, 5) is 4.50. The van der Waals surface area contributed by atoms with E-state index in [-0.39, 0.29) is 11.3 Å². The van der Waals surface area contributed by atoms with Crippen LogP contribution in [0, 0.1) is 6.92 Å². The molecule has 8 heteroatoms. The number of rotatable bonds is 6. The molecular formula is C20H17N3O4S. The highest BCUT2D eigenvalue weighted by atomic mass is 32.2. The third-order valence-electron chi connectivity index (χ3n) is 4.14. The maximum Gasteiger partial charge on any atom is 0.261 e. The van der Waals surface area contributed by atoms with E-state index >= 15 is 0 Å². The summed E-state index contributed by atoms with van der Waals surface area (Å²) in [5, 5.41) is 3.90. The van der Waals surface area contributed by atoms with Crippen LogP contribution in [0.25, 0.3) is 11.6 Å². The number of hydrogen-bond donors (Lipinski definition) is 1. The van der Waals surface area contributed by atoms with Gasteiger partial charge < -0.3 is 8.94 Å². The highest BCUT2D eigenvalue weighted by Gasteiger charge is 2.17. The van der Waals surface area contributed by atoms with Crippen LogP contribution in [0.2, 0.25) is 0 Å². The lowest BCUT2D eigenvalue weighted by Crippen LogP contribution is -2.14. The first-order valence-corrected chi connectivity index (χ1v) is 10.0. The molecule has 4 rings (SSSR count). The molecule has 0 unspecified atom stereocenters. The van der Waals surface area contributed by atoms with E-state index in [1.165, 1.54) is 6.26 Å². The number of aryl methyl sites for hydroxylation is 1. The van der Waals surface area contributed by atoms with Gasteiger partial charge in [0.05, 0.1) is 23.3 Å². The Morgan fingerprint density at radius 3 is 2.54 bits per heavy atom.